The second-order valence-electron chi connectivity index (χ2n) is 5.61. The summed E-state index contributed by atoms with van der Waals surface area (Å²) in [5.74, 6) is -1.65. The highest BCUT2D eigenvalue weighted by Crippen LogP contribution is 2.25. The third-order valence-electron chi connectivity index (χ3n) is 3.70. The van der Waals surface area contributed by atoms with E-state index in [1.807, 2.05) is 0 Å². The van der Waals surface area contributed by atoms with Gasteiger partial charge in [0, 0.05) is 0 Å². The largest absolute Gasteiger partial charge is 0.465 e. The SMILES string of the molecule is COC(=O)c1ccc(C(=O)OCC(=O)N[C@H](C)c2ccc(Cl)c(Cl)c2)cc1. The van der Waals surface area contributed by atoms with Crippen LogP contribution >= 0.6 is 23.2 Å². The lowest BCUT2D eigenvalue weighted by Gasteiger charge is -2.15. The van der Waals surface area contributed by atoms with Crippen molar-refractivity contribution in [1.29, 1.82) is 0 Å². The molecule has 6 nitrogen and oxygen atoms in total. The van der Waals surface area contributed by atoms with Gasteiger partial charge in [-0.25, -0.2) is 9.59 Å². The lowest BCUT2D eigenvalue weighted by Crippen LogP contribution is -2.31. The number of esters is 2. The van der Waals surface area contributed by atoms with Crippen LogP contribution in [0.3, 0.4) is 0 Å². The summed E-state index contributed by atoms with van der Waals surface area (Å²) in [6.45, 7) is 1.33. The zero-order valence-electron chi connectivity index (χ0n) is 14.6. The molecule has 8 heteroatoms. The van der Waals surface area contributed by atoms with Gasteiger partial charge in [0.25, 0.3) is 5.91 Å². The predicted octanol–water partition coefficient (Wildman–Crippen LogP) is 3.81. The van der Waals surface area contributed by atoms with E-state index in [-0.39, 0.29) is 11.6 Å². The van der Waals surface area contributed by atoms with E-state index in [4.69, 9.17) is 27.9 Å². The Morgan fingerprint density at radius 3 is 2.11 bits per heavy atom. The van der Waals surface area contributed by atoms with Crippen molar-refractivity contribution in [3.8, 4) is 0 Å². The lowest BCUT2D eigenvalue weighted by atomic mass is 10.1. The van der Waals surface area contributed by atoms with E-state index in [1.54, 1.807) is 25.1 Å². The molecule has 0 fully saturated rings. The molecule has 0 heterocycles. The molecule has 2 rings (SSSR count). The predicted molar refractivity (Wildman–Crippen MR) is 101 cm³/mol. The molecule has 0 spiro atoms. The number of hydrogen-bond acceptors (Lipinski definition) is 5. The summed E-state index contributed by atoms with van der Waals surface area (Å²) in [5.41, 5.74) is 1.29. The van der Waals surface area contributed by atoms with Crippen molar-refractivity contribution in [1.82, 2.24) is 5.32 Å². The minimum absolute atomic E-state index is 0.216. The van der Waals surface area contributed by atoms with Crippen LogP contribution in [0, 0.1) is 0 Å². The first kappa shape index (κ1) is 20.7. The minimum Gasteiger partial charge on any atom is -0.465 e. The molecule has 0 saturated carbocycles. The summed E-state index contributed by atoms with van der Waals surface area (Å²) < 4.78 is 9.56. The second-order valence-corrected chi connectivity index (χ2v) is 6.42. The first-order valence-corrected chi connectivity index (χ1v) is 8.67. The molecular weight excluding hydrogens is 393 g/mol. The van der Waals surface area contributed by atoms with Crippen LogP contribution in [-0.4, -0.2) is 31.6 Å². The Bertz CT molecular complexity index is 852. The number of rotatable bonds is 6. The monoisotopic (exact) mass is 409 g/mol. The highest BCUT2D eigenvalue weighted by Gasteiger charge is 2.15. The van der Waals surface area contributed by atoms with Crippen LogP contribution in [0.15, 0.2) is 42.5 Å². The van der Waals surface area contributed by atoms with Crippen molar-refractivity contribution in [3.05, 3.63) is 69.2 Å². The fourth-order valence-electron chi connectivity index (χ4n) is 2.22. The van der Waals surface area contributed by atoms with Gasteiger partial charge in [-0.15, -0.1) is 0 Å². The van der Waals surface area contributed by atoms with Gasteiger partial charge in [0.1, 0.15) is 0 Å². The Labute approximate surface area is 166 Å². The van der Waals surface area contributed by atoms with Crippen LogP contribution in [0.25, 0.3) is 0 Å². The maximum Gasteiger partial charge on any atom is 0.338 e. The molecule has 2 aromatic rings. The Balaban J connectivity index is 1.88. The maximum atomic E-state index is 12.0. The summed E-state index contributed by atoms with van der Waals surface area (Å²) in [6, 6.07) is 10.4. The van der Waals surface area contributed by atoms with Crippen molar-refractivity contribution in [2.75, 3.05) is 13.7 Å². The molecule has 1 N–H and O–H groups in total. The second kappa shape index (κ2) is 9.39. The van der Waals surface area contributed by atoms with Gasteiger partial charge in [-0.05, 0) is 48.9 Å². The first-order valence-electron chi connectivity index (χ1n) is 7.91. The van der Waals surface area contributed by atoms with E-state index in [9.17, 15) is 14.4 Å². The standard InChI is InChI=1S/C19H17Cl2NO5/c1-11(14-7-8-15(20)16(21)9-14)22-17(23)10-27-19(25)13-5-3-12(4-6-13)18(24)26-2/h3-9,11H,10H2,1-2H3,(H,22,23)/t11-/m1/s1. The Morgan fingerprint density at radius 2 is 1.56 bits per heavy atom. The molecule has 0 radical (unpaired) electrons. The van der Waals surface area contributed by atoms with Crippen LogP contribution in [-0.2, 0) is 14.3 Å². The fourth-order valence-corrected chi connectivity index (χ4v) is 2.53. The van der Waals surface area contributed by atoms with Gasteiger partial charge in [0.2, 0.25) is 0 Å². The Morgan fingerprint density at radius 1 is 0.963 bits per heavy atom. The van der Waals surface area contributed by atoms with Crippen LogP contribution in [0.5, 0.6) is 0 Å². The summed E-state index contributed by atoms with van der Waals surface area (Å²) in [4.78, 5) is 35.3. The molecule has 142 valence electrons. The van der Waals surface area contributed by atoms with Gasteiger partial charge < -0.3 is 14.8 Å². The molecule has 0 aliphatic heterocycles. The number of nitrogens with one attached hydrogen (secondary N) is 1. The third-order valence-corrected chi connectivity index (χ3v) is 4.44. The topological polar surface area (TPSA) is 81.7 Å². The van der Waals surface area contributed by atoms with Crippen molar-refractivity contribution >= 4 is 41.0 Å². The van der Waals surface area contributed by atoms with E-state index >= 15 is 0 Å². The zero-order chi connectivity index (χ0) is 20.0. The lowest BCUT2D eigenvalue weighted by molar-refractivity contribution is -0.124. The molecule has 2 aromatic carbocycles. The van der Waals surface area contributed by atoms with Gasteiger partial charge >= 0.3 is 11.9 Å². The summed E-state index contributed by atoms with van der Waals surface area (Å²) >= 11 is 11.8. The van der Waals surface area contributed by atoms with Crippen LogP contribution in [0.1, 0.15) is 39.2 Å². The van der Waals surface area contributed by atoms with E-state index in [0.717, 1.165) is 5.56 Å². The normalized spacial score (nSPS) is 11.4. The molecule has 0 aliphatic carbocycles. The molecule has 0 aromatic heterocycles. The van der Waals surface area contributed by atoms with E-state index < -0.39 is 24.5 Å². The van der Waals surface area contributed by atoms with E-state index in [0.29, 0.717) is 15.6 Å². The summed E-state index contributed by atoms with van der Waals surface area (Å²) in [6.07, 6.45) is 0. The maximum absolute atomic E-state index is 12.0. The molecule has 0 aliphatic rings. The molecule has 1 amide bonds. The number of hydrogen-bond donors (Lipinski definition) is 1. The molecular formula is C19H17Cl2NO5. The van der Waals surface area contributed by atoms with Gasteiger partial charge in [-0.3, -0.25) is 4.79 Å². The number of ether oxygens (including phenoxy) is 2. The van der Waals surface area contributed by atoms with Crippen LogP contribution in [0.2, 0.25) is 10.0 Å². The zero-order valence-corrected chi connectivity index (χ0v) is 16.1. The minimum atomic E-state index is -0.677. The first-order chi connectivity index (χ1) is 12.8. The third kappa shape index (κ3) is 5.70. The fraction of sp³-hybridized carbons (Fsp3) is 0.211. The number of methoxy groups -OCH3 is 1. The van der Waals surface area contributed by atoms with E-state index in [1.165, 1.54) is 31.4 Å². The smallest absolute Gasteiger partial charge is 0.338 e. The van der Waals surface area contributed by atoms with Crippen molar-refractivity contribution in [3.63, 3.8) is 0 Å². The average Bonchev–Trinajstić information content (AvgIpc) is 2.67. The van der Waals surface area contributed by atoms with Crippen LogP contribution in [0.4, 0.5) is 0 Å². The molecule has 0 unspecified atom stereocenters. The van der Waals surface area contributed by atoms with Gasteiger partial charge in [-0.1, -0.05) is 29.3 Å². The number of carbonyl (C=O) groups excluding carboxylic acids is 3. The van der Waals surface area contributed by atoms with Gasteiger partial charge in [0.05, 0.1) is 34.3 Å². The number of carbonyl (C=O) groups is 3. The summed E-state index contributed by atoms with van der Waals surface area (Å²) in [7, 11) is 1.27. The number of benzene rings is 2. The molecule has 0 bridgehead atoms. The highest BCUT2D eigenvalue weighted by atomic mass is 35.5. The van der Waals surface area contributed by atoms with Crippen LogP contribution < -0.4 is 5.32 Å². The van der Waals surface area contributed by atoms with Crippen molar-refractivity contribution in [2.45, 2.75) is 13.0 Å². The van der Waals surface area contributed by atoms with Gasteiger partial charge in [0.15, 0.2) is 6.61 Å². The number of halogens is 2. The molecule has 1 atom stereocenters. The summed E-state index contributed by atoms with van der Waals surface area (Å²) in [5, 5.41) is 3.51. The van der Waals surface area contributed by atoms with Gasteiger partial charge in [-0.2, -0.15) is 0 Å². The Hall–Kier alpha value is -2.57. The van der Waals surface area contributed by atoms with Crippen molar-refractivity contribution in [2.24, 2.45) is 0 Å². The Kier molecular flexibility index (Phi) is 7.21. The average molecular weight is 410 g/mol. The quantitative estimate of drug-likeness (QED) is 0.733. The molecule has 27 heavy (non-hydrogen) atoms. The number of amides is 1. The highest BCUT2D eigenvalue weighted by molar-refractivity contribution is 6.42. The van der Waals surface area contributed by atoms with E-state index in [2.05, 4.69) is 10.1 Å². The van der Waals surface area contributed by atoms with Crippen molar-refractivity contribution < 1.29 is 23.9 Å². The molecule has 0 saturated heterocycles.